The van der Waals surface area contributed by atoms with Crippen LogP contribution in [0.2, 0.25) is 0 Å². The molecule has 1 heterocycles. The van der Waals surface area contributed by atoms with Crippen molar-refractivity contribution in [3.8, 4) is 11.5 Å². The lowest BCUT2D eigenvalue weighted by atomic mass is 9.51. The number of hydrogen-bond acceptors (Lipinski definition) is 5. The molecule has 1 saturated heterocycles. The summed E-state index contributed by atoms with van der Waals surface area (Å²) in [6.45, 7) is 4.48. The molecule has 4 aliphatic rings. The van der Waals surface area contributed by atoms with Crippen molar-refractivity contribution < 1.29 is 14.9 Å². The highest BCUT2D eigenvalue weighted by Gasteiger charge is 2.57. The van der Waals surface area contributed by atoms with Crippen LogP contribution in [0.15, 0.2) is 12.1 Å². The Morgan fingerprint density at radius 3 is 2.89 bits per heavy atom. The molecule has 2 saturated carbocycles. The van der Waals surface area contributed by atoms with Crippen molar-refractivity contribution in [3.05, 3.63) is 23.3 Å². The van der Waals surface area contributed by atoms with Gasteiger partial charge < -0.3 is 14.9 Å². The fourth-order valence-corrected chi connectivity index (χ4v) is 7.31. The van der Waals surface area contributed by atoms with E-state index in [4.69, 9.17) is 4.74 Å². The molecule has 5 heteroatoms. The predicted molar refractivity (Wildman–Crippen MR) is 113 cm³/mol. The van der Waals surface area contributed by atoms with Gasteiger partial charge in [0.25, 0.3) is 0 Å². The topological polar surface area (TPSA) is 52.9 Å². The molecule has 3 unspecified atom stereocenters. The molecule has 1 aliphatic heterocycles. The van der Waals surface area contributed by atoms with Crippen molar-refractivity contribution in [2.75, 3.05) is 20.2 Å². The van der Waals surface area contributed by atoms with Gasteiger partial charge in [0.1, 0.15) is 0 Å². The Bertz CT molecular complexity index is 768. The van der Waals surface area contributed by atoms with Gasteiger partial charge in [-0.2, -0.15) is 12.6 Å². The Kier molecular flexibility index (Phi) is 4.64. The molecule has 7 atom stereocenters. The number of phenolic OH excluding ortho intramolecular Hbond substituents is 1. The number of aliphatic hydroxyl groups is 1. The maximum Gasteiger partial charge on any atom is 0.161 e. The second kappa shape index (κ2) is 6.82. The van der Waals surface area contributed by atoms with Crippen LogP contribution in [0.1, 0.15) is 50.2 Å². The van der Waals surface area contributed by atoms with Crippen LogP contribution < -0.4 is 4.74 Å². The Balaban J connectivity index is 1.51. The Labute approximate surface area is 173 Å². The summed E-state index contributed by atoms with van der Waals surface area (Å²) in [6, 6.07) is 4.58. The molecule has 1 aromatic carbocycles. The highest BCUT2D eigenvalue weighted by molar-refractivity contribution is 7.80. The first-order chi connectivity index (χ1) is 13.4. The number of aromatic hydroxyl groups is 1. The van der Waals surface area contributed by atoms with E-state index in [-0.39, 0.29) is 11.5 Å². The average molecular weight is 404 g/mol. The first kappa shape index (κ1) is 19.1. The zero-order chi connectivity index (χ0) is 19.6. The van der Waals surface area contributed by atoms with Gasteiger partial charge in [-0.3, -0.25) is 4.90 Å². The van der Waals surface area contributed by atoms with Crippen molar-refractivity contribution in [1.82, 2.24) is 4.90 Å². The van der Waals surface area contributed by atoms with Gasteiger partial charge in [-0.15, -0.1) is 0 Å². The molecular formula is C23H33NO3S. The summed E-state index contributed by atoms with van der Waals surface area (Å²) < 4.78 is 5.44. The molecule has 28 heavy (non-hydrogen) atoms. The van der Waals surface area contributed by atoms with Crippen LogP contribution in [-0.4, -0.2) is 52.7 Å². The van der Waals surface area contributed by atoms with Crippen LogP contribution in [0.25, 0.3) is 0 Å². The smallest absolute Gasteiger partial charge is 0.161 e. The van der Waals surface area contributed by atoms with E-state index in [0.717, 1.165) is 56.0 Å². The fraction of sp³-hybridized carbons (Fsp3) is 0.739. The number of likely N-dealkylation sites (tertiary alicyclic amines) is 1. The molecule has 2 N–H and O–H groups in total. The molecule has 4 nitrogen and oxygen atoms in total. The minimum Gasteiger partial charge on any atom is -0.504 e. The van der Waals surface area contributed by atoms with Gasteiger partial charge in [-0.25, -0.2) is 0 Å². The third-order valence-electron chi connectivity index (χ3n) is 8.34. The summed E-state index contributed by atoms with van der Waals surface area (Å²) >= 11 is 4.67. The van der Waals surface area contributed by atoms with Gasteiger partial charge >= 0.3 is 0 Å². The van der Waals surface area contributed by atoms with Crippen molar-refractivity contribution >= 4 is 12.6 Å². The molecule has 5 rings (SSSR count). The van der Waals surface area contributed by atoms with Gasteiger partial charge in [0.15, 0.2) is 11.5 Å². The van der Waals surface area contributed by atoms with E-state index in [1.807, 2.05) is 6.07 Å². The Hall–Kier alpha value is -0.910. The maximum absolute atomic E-state index is 11.1. The van der Waals surface area contributed by atoms with Gasteiger partial charge in [-0.1, -0.05) is 13.0 Å². The van der Waals surface area contributed by atoms with Gasteiger partial charge in [-0.05, 0) is 74.5 Å². The predicted octanol–water partition coefficient (Wildman–Crippen LogP) is 3.38. The van der Waals surface area contributed by atoms with E-state index < -0.39 is 0 Å². The second-order valence-electron chi connectivity index (χ2n) is 9.77. The van der Waals surface area contributed by atoms with Crippen LogP contribution in [0.4, 0.5) is 0 Å². The molecule has 0 radical (unpaired) electrons. The number of hydrogen-bond donors (Lipinski definition) is 3. The van der Waals surface area contributed by atoms with Gasteiger partial charge in [0.2, 0.25) is 0 Å². The number of aliphatic hydroxyl groups excluding tert-OH is 1. The first-order valence-corrected chi connectivity index (χ1v) is 11.5. The summed E-state index contributed by atoms with van der Waals surface area (Å²) in [6.07, 6.45) is 5.78. The summed E-state index contributed by atoms with van der Waals surface area (Å²) in [5, 5.41) is 22.1. The van der Waals surface area contributed by atoms with E-state index in [1.54, 1.807) is 7.11 Å². The number of fused-ring (bicyclic) bond motifs is 1. The standard InChI is InChI=1S/C23H33NO3S/c1-13(28)17-9-15(17)12-24-8-7-23-11-16(25)4-5-18(23)19(24)10-14-3-6-20(27-2)22(26)21(14)23/h3,6,13,15-19,25-26,28H,4-5,7-12H2,1-2H3/t13?,15?,16-,17?,18-,19+,23-/m0/s1. The largest absolute Gasteiger partial charge is 0.504 e. The van der Waals surface area contributed by atoms with Crippen LogP contribution in [-0.2, 0) is 11.8 Å². The average Bonchev–Trinajstić information content (AvgIpc) is 3.43. The zero-order valence-electron chi connectivity index (χ0n) is 17.0. The summed E-state index contributed by atoms with van der Waals surface area (Å²) in [5.41, 5.74) is 2.23. The number of rotatable bonds is 4. The number of nitrogens with zero attached hydrogens (tertiary/aromatic N) is 1. The number of phenols is 1. The molecule has 0 spiro atoms. The maximum atomic E-state index is 11.1. The van der Waals surface area contributed by atoms with Crippen LogP contribution in [0.5, 0.6) is 11.5 Å². The minimum absolute atomic E-state index is 0.106. The third-order valence-corrected chi connectivity index (χ3v) is 8.72. The summed E-state index contributed by atoms with van der Waals surface area (Å²) in [4.78, 5) is 2.74. The number of thiol groups is 1. The Morgan fingerprint density at radius 1 is 1.36 bits per heavy atom. The quantitative estimate of drug-likeness (QED) is 0.675. The van der Waals surface area contributed by atoms with E-state index in [2.05, 4.69) is 30.5 Å². The molecule has 0 aromatic heterocycles. The molecule has 0 amide bonds. The molecule has 2 bridgehead atoms. The molecule has 1 aromatic rings. The van der Waals surface area contributed by atoms with Gasteiger partial charge in [0.05, 0.1) is 13.2 Å². The number of ether oxygens (including phenoxy) is 1. The highest BCUT2D eigenvalue weighted by atomic mass is 32.1. The van der Waals surface area contributed by atoms with Crippen molar-refractivity contribution in [1.29, 1.82) is 0 Å². The summed E-state index contributed by atoms with van der Waals surface area (Å²) in [5.74, 6) is 2.96. The number of benzene rings is 1. The van der Waals surface area contributed by atoms with Gasteiger partial charge in [0, 0.05) is 28.8 Å². The fourth-order valence-electron chi connectivity index (χ4n) is 6.95. The summed E-state index contributed by atoms with van der Waals surface area (Å²) in [7, 11) is 1.62. The minimum atomic E-state index is -0.266. The molecule has 3 aliphatic carbocycles. The lowest BCUT2D eigenvalue weighted by molar-refractivity contribution is -0.0507. The SMILES string of the molecule is COc1ccc2c(c1O)[C@]13CCN(CC4CC4C(C)S)[C@H](C2)[C@@H]1CC[C@H](O)C3. The highest BCUT2D eigenvalue weighted by Crippen LogP contribution is 2.59. The van der Waals surface area contributed by atoms with E-state index in [0.29, 0.717) is 28.7 Å². The van der Waals surface area contributed by atoms with E-state index >= 15 is 0 Å². The molecule has 154 valence electrons. The molecule has 3 fully saturated rings. The first-order valence-electron chi connectivity index (χ1n) is 10.9. The lowest BCUT2D eigenvalue weighted by Crippen LogP contribution is -2.62. The monoisotopic (exact) mass is 403 g/mol. The van der Waals surface area contributed by atoms with E-state index in [1.165, 1.54) is 18.5 Å². The Morgan fingerprint density at radius 2 is 2.18 bits per heavy atom. The molecular weight excluding hydrogens is 370 g/mol. The zero-order valence-corrected chi connectivity index (χ0v) is 17.9. The van der Waals surface area contributed by atoms with Crippen molar-refractivity contribution in [2.45, 2.75) is 68.3 Å². The van der Waals surface area contributed by atoms with Crippen molar-refractivity contribution in [3.63, 3.8) is 0 Å². The lowest BCUT2D eigenvalue weighted by Gasteiger charge is -2.60. The second-order valence-corrected chi connectivity index (χ2v) is 10.6. The number of methoxy groups -OCH3 is 1. The van der Waals surface area contributed by atoms with Crippen LogP contribution in [0.3, 0.4) is 0 Å². The van der Waals surface area contributed by atoms with Crippen molar-refractivity contribution in [2.24, 2.45) is 17.8 Å². The normalized spacial score (nSPS) is 40.4. The third kappa shape index (κ3) is 2.80. The van der Waals surface area contributed by atoms with Crippen LogP contribution in [0, 0.1) is 17.8 Å². The van der Waals surface area contributed by atoms with E-state index in [9.17, 15) is 10.2 Å². The number of piperidine rings is 1. The van der Waals surface area contributed by atoms with Crippen LogP contribution >= 0.6 is 12.6 Å².